The number of nitrogens with one attached hydrogen (secondary N) is 2. The molecular weight excluding hydrogens is 344 g/mol. The van der Waals surface area contributed by atoms with Crippen molar-refractivity contribution in [2.75, 3.05) is 13.2 Å². The Labute approximate surface area is 151 Å². The van der Waals surface area contributed by atoms with Gasteiger partial charge in [0.05, 0.1) is 13.2 Å². The summed E-state index contributed by atoms with van der Waals surface area (Å²) in [5.41, 5.74) is 0.840. The van der Waals surface area contributed by atoms with Crippen molar-refractivity contribution < 1.29 is 23.9 Å². The summed E-state index contributed by atoms with van der Waals surface area (Å²) in [5, 5.41) is 4.60. The maximum Gasteiger partial charge on any atom is 0.340 e. The van der Waals surface area contributed by atoms with Crippen LogP contribution in [-0.4, -0.2) is 42.2 Å². The average Bonchev–Trinajstić information content (AvgIpc) is 2.59. The molecule has 0 spiro atoms. The Morgan fingerprint density at radius 2 is 1.64 bits per heavy atom. The fourth-order valence-electron chi connectivity index (χ4n) is 1.72. The molecule has 2 N–H and O–H groups in total. The van der Waals surface area contributed by atoms with Crippen LogP contribution in [0.2, 0.25) is 0 Å². The Kier molecular flexibility index (Phi) is 8.87. The smallest absolute Gasteiger partial charge is 0.340 e. The number of hydrogen-bond acceptors (Lipinski definition) is 6. The molecule has 7 nitrogen and oxygen atoms in total. The lowest BCUT2D eigenvalue weighted by Crippen LogP contribution is -2.52. The van der Waals surface area contributed by atoms with Crippen LogP contribution in [0.25, 0.3) is 6.08 Å². The summed E-state index contributed by atoms with van der Waals surface area (Å²) < 4.78 is 9.59. The van der Waals surface area contributed by atoms with E-state index in [1.165, 1.54) is 6.08 Å². The second kappa shape index (κ2) is 10.9. The van der Waals surface area contributed by atoms with Crippen LogP contribution in [-0.2, 0) is 23.9 Å². The number of esters is 2. The first-order valence-corrected chi connectivity index (χ1v) is 8.06. The zero-order valence-corrected chi connectivity index (χ0v) is 14.8. The van der Waals surface area contributed by atoms with E-state index < -0.39 is 23.9 Å². The lowest BCUT2D eigenvalue weighted by Gasteiger charge is -2.17. The van der Waals surface area contributed by atoms with Gasteiger partial charge in [0, 0.05) is 6.08 Å². The summed E-state index contributed by atoms with van der Waals surface area (Å²) in [4.78, 5) is 35.5. The molecule has 0 radical (unpaired) electrons. The molecule has 0 aliphatic carbocycles. The molecule has 0 saturated carbocycles. The van der Waals surface area contributed by atoms with E-state index in [0.717, 1.165) is 5.56 Å². The van der Waals surface area contributed by atoms with Gasteiger partial charge in [0.15, 0.2) is 5.11 Å². The Morgan fingerprint density at radius 3 is 2.16 bits per heavy atom. The van der Waals surface area contributed by atoms with Crippen LogP contribution in [0.5, 0.6) is 0 Å². The SMILES string of the molecule is CCOC(=O)C(NC(=S)NC(=O)C=Cc1ccccc1)C(=O)OCC. The summed E-state index contributed by atoms with van der Waals surface area (Å²) in [6.07, 6.45) is 2.89. The number of hydrogen-bond donors (Lipinski definition) is 2. The first-order valence-electron chi connectivity index (χ1n) is 7.65. The quantitative estimate of drug-likeness (QED) is 0.325. The van der Waals surface area contributed by atoms with Crippen molar-refractivity contribution >= 4 is 41.3 Å². The van der Waals surface area contributed by atoms with Crippen molar-refractivity contribution in [3.8, 4) is 0 Å². The van der Waals surface area contributed by atoms with Crippen LogP contribution < -0.4 is 10.6 Å². The van der Waals surface area contributed by atoms with E-state index in [9.17, 15) is 14.4 Å². The number of rotatable bonds is 7. The number of carbonyl (C=O) groups excluding carboxylic acids is 3. The van der Waals surface area contributed by atoms with Crippen molar-refractivity contribution in [3.63, 3.8) is 0 Å². The highest BCUT2D eigenvalue weighted by Gasteiger charge is 2.30. The molecule has 1 rings (SSSR count). The summed E-state index contributed by atoms with van der Waals surface area (Å²) in [6.45, 7) is 3.40. The normalized spacial score (nSPS) is 10.4. The van der Waals surface area contributed by atoms with Gasteiger partial charge in [-0.15, -0.1) is 0 Å². The lowest BCUT2D eigenvalue weighted by atomic mass is 10.2. The number of carbonyl (C=O) groups is 3. The molecule has 8 heteroatoms. The minimum atomic E-state index is -1.44. The number of ether oxygens (including phenoxy) is 2. The van der Waals surface area contributed by atoms with Crippen molar-refractivity contribution in [3.05, 3.63) is 42.0 Å². The van der Waals surface area contributed by atoms with Crippen molar-refractivity contribution in [2.24, 2.45) is 0 Å². The van der Waals surface area contributed by atoms with Crippen molar-refractivity contribution in [1.29, 1.82) is 0 Å². The molecule has 0 saturated heterocycles. The van der Waals surface area contributed by atoms with E-state index in [0.29, 0.717) is 0 Å². The molecule has 134 valence electrons. The summed E-state index contributed by atoms with van der Waals surface area (Å²) in [6, 6.07) is 7.77. The Bertz CT molecular complexity index is 628. The van der Waals surface area contributed by atoms with Gasteiger partial charge in [-0.1, -0.05) is 30.3 Å². The minimum Gasteiger partial charge on any atom is -0.464 e. The molecule has 0 atom stereocenters. The lowest BCUT2D eigenvalue weighted by molar-refractivity contribution is -0.157. The van der Waals surface area contributed by atoms with E-state index in [-0.39, 0.29) is 18.3 Å². The van der Waals surface area contributed by atoms with Crippen LogP contribution in [0.4, 0.5) is 0 Å². The van der Waals surface area contributed by atoms with E-state index in [4.69, 9.17) is 21.7 Å². The van der Waals surface area contributed by atoms with Crippen LogP contribution in [0.3, 0.4) is 0 Å². The molecule has 0 aliphatic heterocycles. The molecule has 0 aliphatic rings. The van der Waals surface area contributed by atoms with Gasteiger partial charge in [-0.25, -0.2) is 9.59 Å². The summed E-state index contributed by atoms with van der Waals surface area (Å²) in [7, 11) is 0. The van der Waals surface area contributed by atoms with Crippen LogP contribution in [0.1, 0.15) is 19.4 Å². The summed E-state index contributed by atoms with van der Waals surface area (Å²) >= 11 is 4.95. The van der Waals surface area contributed by atoms with Gasteiger partial charge in [0.25, 0.3) is 0 Å². The van der Waals surface area contributed by atoms with Crippen LogP contribution in [0.15, 0.2) is 36.4 Å². The maximum atomic E-state index is 11.8. The van der Waals surface area contributed by atoms with E-state index in [1.807, 2.05) is 30.3 Å². The van der Waals surface area contributed by atoms with Gasteiger partial charge in [0.2, 0.25) is 11.9 Å². The largest absolute Gasteiger partial charge is 0.464 e. The number of benzene rings is 1. The number of amides is 1. The monoisotopic (exact) mass is 364 g/mol. The highest BCUT2D eigenvalue weighted by Crippen LogP contribution is 2.00. The van der Waals surface area contributed by atoms with Crippen molar-refractivity contribution in [1.82, 2.24) is 10.6 Å². The fourth-order valence-corrected chi connectivity index (χ4v) is 1.94. The molecule has 1 aromatic carbocycles. The van der Waals surface area contributed by atoms with Gasteiger partial charge in [-0.05, 0) is 37.7 Å². The van der Waals surface area contributed by atoms with Gasteiger partial charge < -0.3 is 14.8 Å². The zero-order chi connectivity index (χ0) is 18.7. The molecule has 0 bridgehead atoms. The van der Waals surface area contributed by atoms with Gasteiger partial charge in [-0.2, -0.15) is 0 Å². The first-order chi connectivity index (χ1) is 12.0. The van der Waals surface area contributed by atoms with Crippen LogP contribution in [0, 0.1) is 0 Å². The Hall–Kier alpha value is -2.74. The molecule has 1 amide bonds. The molecule has 0 unspecified atom stereocenters. The molecular formula is C17H20N2O5S. The summed E-state index contributed by atoms with van der Waals surface area (Å²) in [5.74, 6) is -2.18. The predicted molar refractivity (Wildman–Crippen MR) is 96.4 cm³/mol. The van der Waals surface area contributed by atoms with Gasteiger partial charge in [-0.3, -0.25) is 10.1 Å². The second-order valence-corrected chi connectivity index (χ2v) is 5.05. The van der Waals surface area contributed by atoms with Gasteiger partial charge >= 0.3 is 11.9 Å². The predicted octanol–water partition coefficient (Wildman–Crippen LogP) is 1.19. The molecule has 0 heterocycles. The molecule has 25 heavy (non-hydrogen) atoms. The third-order valence-electron chi connectivity index (χ3n) is 2.78. The van der Waals surface area contributed by atoms with E-state index in [2.05, 4.69) is 10.6 Å². The average molecular weight is 364 g/mol. The first kappa shape index (κ1) is 20.3. The minimum absolute atomic E-state index is 0.0926. The zero-order valence-electron chi connectivity index (χ0n) is 14.0. The molecule has 0 fully saturated rings. The standard InChI is InChI=1S/C17H20N2O5S/c1-3-23-15(21)14(16(22)24-4-2)19-17(25)18-13(20)11-10-12-8-6-5-7-9-12/h5-11,14H,3-4H2,1-2H3,(H2,18,19,20,25). The number of thiocarbonyl (C=S) groups is 1. The van der Waals surface area contributed by atoms with Gasteiger partial charge in [0.1, 0.15) is 0 Å². The third kappa shape index (κ3) is 7.58. The fraction of sp³-hybridized carbons (Fsp3) is 0.294. The molecule has 0 aromatic heterocycles. The highest BCUT2D eigenvalue weighted by molar-refractivity contribution is 7.80. The Morgan fingerprint density at radius 1 is 1.08 bits per heavy atom. The van der Waals surface area contributed by atoms with E-state index in [1.54, 1.807) is 19.9 Å². The topological polar surface area (TPSA) is 93.7 Å². The molecule has 1 aromatic rings. The highest BCUT2D eigenvalue weighted by atomic mass is 32.1. The Balaban J connectivity index is 2.63. The maximum absolute atomic E-state index is 11.8. The van der Waals surface area contributed by atoms with E-state index >= 15 is 0 Å². The second-order valence-electron chi connectivity index (χ2n) is 4.64. The van der Waals surface area contributed by atoms with Crippen LogP contribution >= 0.6 is 12.2 Å². The van der Waals surface area contributed by atoms with Crippen molar-refractivity contribution in [2.45, 2.75) is 19.9 Å². The third-order valence-corrected chi connectivity index (χ3v) is 3.00.